The summed E-state index contributed by atoms with van der Waals surface area (Å²) in [6, 6.07) is 0. The number of nitrogens with zero attached hydrogens (tertiary/aromatic N) is 1. The van der Waals surface area contributed by atoms with Crippen LogP contribution in [0.25, 0.3) is 0 Å². The van der Waals surface area contributed by atoms with E-state index in [-0.39, 0.29) is 17.6 Å². The molecule has 1 amide bonds. The van der Waals surface area contributed by atoms with Crippen LogP contribution in [0.15, 0.2) is 0 Å². The summed E-state index contributed by atoms with van der Waals surface area (Å²) in [4.78, 5) is 28.6. The Hall–Kier alpha value is -1.82. The second-order valence-corrected chi connectivity index (χ2v) is 5.82. The first-order valence-corrected chi connectivity index (χ1v) is 7.79. The largest absolute Gasteiger partial charge is 0.478 e. The van der Waals surface area contributed by atoms with E-state index in [1.165, 1.54) is 0 Å². The van der Waals surface area contributed by atoms with Crippen LogP contribution in [0.5, 0.6) is 0 Å². The average Bonchev–Trinajstić information content (AvgIpc) is 2.79. The number of ether oxygens (including phenoxy) is 1. The number of aryl methyl sites for hydroxylation is 1. The molecule has 1 fully saturated rings. The molecule has 1 aromatic rings. The predicted molar refractivity (Wildman–Crippen MR) is 82.4 cm³/mol. The Labute approximate surface area is 130 Å². The van der Waals surface area contributed by atoms with Crippen LogP contribution in [0, 0.1) is 13.8 Å². The first-order valence-electron chi connectivity index (χ1n) is 7.79. The maximum atomic E-state index is 12.7. The number of amides is 1. The van der Waals surface area contributed by atoms with Gasteiger partial charge >= 0.3 is 5.97 Å². The van der Waals surface area contributed by atoms with Crippen molar-refractivity contribution in [1.82, 2.24) is 9.88 Å². The fourth-order valence-corrected chi connectivity index (χ4v) is 2.99. The SMILES string of the molecule is CCCOC1CCCN(C(=O)c2[nH]c(C)c(C(=O)O)c2C)C1. The summed E-state index contributed by atoms with van der Waals surface area (Å²) in [6.07, 6.45) is 2.91. The number of hydrogen-bond acceptors (Lipinski definition) is 3. The normalized spacial score (nSPS) is 18.5. The van der Waals surface area contributed by atoms with Crippen LogP contribution in [0.4, 0.5) is 0 Å². The Morgan fingerprint density at radius 3 is 2.73 bits per heavy atom. The van der Waals surface area contributed by atoms with Crippen molar-refractivity contribution < 1.29 is 19.4 Å². The molecule has 0 aromatic carbocycles. The van der Waals surface area contributed by atoms with Crippen molar-refractivity contribution in [2.24, 2.45) is 0 Å². The molecule has 6 heteroatoms. The van der Waals surface area contributed by atoms with E-state index >= 15 is 0 Å². The maximum absolute atomic E-state index is 12.7. The summed E-state index contributed by atoms with van der Waals surface area (Å²) in [6.45, 7) is 7.37. The van der Waals surface area contributed by atoms with Gasteiger partial charge in [0.25, 0.3) is 5.91 Å². The van der Waals surface area contributed by atoms with E-state index in [4.69, 9.17) is 4.74 Å². The highest BCUT2D eigenvalue weighted by Crippen LogP contribution is 2.22. The van der Waals surface area contributed by atoms with Crippen LogP contribution in [-0.4, -0.2) is 52.7 Å². The predicted octanol–water partition coefficient (Wildman–Crippen LogP) is 2.36. The summed E-state index contributed by atoms with van der Waals surface area (Å²) in [5.74, 6) is -1.15. The number of aromatic carboxylic acids is 1. The van der Waals surface area contributed by atoms with Crippen molar-refractivity contribution in [2.45, 2.75) is 46.1 Å². The molecule has 22 heavy (non-hydrogen) atoms. The summed E-state index contributed by atoms with van der Waals surface area (Å²) < 4.78 is 5.75. The van der Waals surface area contributed by atoms with E-state index in [1.807, 2.05) is 0 Å². The van der Waals surface area contributed by atoms with Crippen LogP contribution in [0.1, 0.15) is 58.3 Å². The zero-order valence-corrected chi connectivity index (χ0v) is 13.4. The molecule has 2 heterocycles. The molecule has 0 bridgehead atoms. The van der Waals surface area contributed by atoms with Crippen LogP contribution < -0.4 is 0 Å². The lowest BCUT2D eigenvalue weighted by molar-refractivity contribution is 0.00191. The van der Waals surface area contributed by atoms with Crippen LogP contribution in [0.3, 0.4) is 0 Å². The Morgan fingerprint density at radius 1 is 1.41 bits per heavy atom. The van der Waals surface area contributed by atoms with Gasteiger partial charge in [0.1, 0.15) is 5.69 Å². The number of piperidine rings is 1. The van der Waals surface area contributed by atoms with E-state index in [2.05, 4.69) is 11.9 Å². The quantitative estimate of drug-likeness (QED) is 0.875. The Kier molecular flexibility index (Phi) is 5.24. The highest BCUT2D eigenvalue weighted by Gasteiger charge is 2.28. The third kappa shape index (κ3) is 3.32. The van der Waals surface area contributed by atoms with Crippen LogP contribution >= 0.6 is 0 Å². The monoisotopic (exact) mass is 308 g/mol. The first kappa shape index (κ1) is 16.5. The Morgan fingerprint density at radius 2 is 2.14 bits per heavy atom. The molecule has 0 spiro atoms. The van der Waals surface area contributed by atoms with Gasteiger partial charge in [0.2, 0.25) is 0 Å². The zero-order chi connectivity index (χ0) is 16.3. The van der Waals surface area contributed by atoms with Gasteiger partial charge in [0.05, 0.1) is 11.7 Å². The number of nitrogens with one attached hydrogen (secondary N) is 1. The van der Waals surface area contributed by atoms with Gasteiger partial charge < -0.3 is 19.7 Å². The van der Waals surface area contributed by atoms with E-state index in [0.29, 0.717) is 36.6 Å². The van der Waals surface area contributed by atoms with Gasteiger partial charge in [-0.05, 0) is 38.7 Å². The number of carboxylic acid groups (broad SMARTS) is 1. The number of carboxylic acids is 1. The van der Waals surface area contributed by atoms with Crippen LogP contribution in [0.2, 0.25) is 0 Å². The van der Waals surface area contributed by atoms with Gasteiger partial charge in [-0.3, -0.25) is 4.79 Å². The minimum absolute atomic E-state index is 0.0768. The lowest BCUT2D eigenvalue weighted by Gasteiger charge is -2.32. The highest BCUT2D eigenvalue weighted by molar-refractivity contribution is 6.00. The van der Waals surface area contributed by atoms with Crippen molar-refractivity contribution in [2.75, 3.05) is 19.7 Å². The number of aromatic amines is 1. The lowest BCUT2D eigenvalue weighted by Crippen LogP contribution is -2.43. The molecule has 6 nitrogen and oxygen atoms in total. The van der Waals surface area contributed by atoms with Crippen LogP contribution in [-0.2, 0) is 4.74 Å². The van der Waals surface area contributed by atoms with Crippen molar-refractivity contribution >= 4 is 11.9 Å². The molecule has 2 rings (SSSR count). The molecule has 1 aliphatic heterocycles. The number of aromatic nitrogens is 1. The average molecular weight is 308 g/mol. The van der Waals surface area contributed by atoms with Gasteiger partial charge in [-0.25, -0.2) is 4.79 Å². The van der Waals surface area contributed by atoms with Crippen molar-refractivity contribution in [1.29, 1.82) is 0 Å². The fourth-order valence-electron chi connectivity index (χ4n) is 2.99. The molecule has 0 radical (unpaired) electrons. The number of carbonyl (C=O) groups is 2. The van der Waals surface area contributed by atoms with E-state index in [9.17, 15) is 14.7 Å². The molecule has 1 aromatic heterocycles. The smallest absolute Gasteiger partial charge is 0.337 e. The molecule has 0 saturated carbocycles. The maximum Gasteiger partial charge on any atom is 0.337 e. The molecule has 2 N–H and O–H groups in total. The number of carbonyl (C=O) groups excluding carboxylic acids is 1. The van der Waals surface area contributed by atoms with E-state index in [0.717, 1.165) is 19.3 Å². The summed E-state index contributed by atoms with van der Waals surface area (Å²) >= 11 is 0. The van der Waals surface area contributed by atoms with E-state index in [1.54, 1.807) is 18.7 Å². The molecule has 1 saturated heterocycles. The lowest BCUT2D eigenvalue weighted by atomic mass is 10.1. The molecule has 1 aliphatic rings. The second-order valence-electron chi connectivity index (χ2n) is 5.82. The Bertz CT molecular complexity index is 565. The molecule has 1 atom stereocenters. The Balaban J connectivity index is 2.14. The third-order valence-electron chi connectivity index (χ3n) is 4.09. The second kappa shape index (κ2) is 6.96. The van der Waals surface area contributed by atoms with Gasteiger partial charge in [0.15, 0.2) is 0 Å². The topological polar surface area (TPSA) is 82.6 Å². The number of likely N-dealkylation sites (tertiary alicyclic amines) is 1. The fraction of sp³-hybridized carbons (Fsp3) is 0.625. The number of hydrogen-bond donors (Lipinski definition) is 2. The van der Waals surface area contributed by atoms with Crippen molar-refractivity contribution in [3.05, 3.63) is 22.5 Å². The summed E-state index contributed by atoms with van der Waals surface area (Å²) in [5.41, 5.74) is 1.60. The molecule has 122 valence electrons. The van der Waals surface area contributed by atoms with Gasteiger partial charge in [-0.15, -0.1) is 0 Å². The molecular weight excluding hydrogens is 284 g/mol. The van der Waals surface area contributed by atoms with Gasteiger partial charge in [-0.1, -0.05) is 6.92 Å². The number of H-pyrrole nitrogens is 1. The third-order valence-corrected chi connectivity index (χ3v) is 4.09. The molecule has 1 unspecified atom stereocenters. The summed E-state index contributed by atoms with van der Waals surface area (Å²) in [7, 11) is 0. The minimum atomic E-state index is -1.01. The van der Waals surface area contributed by atoms with Gasteiger partial charge in [0, 0.05) is 25.4 Å². The standard InChI is InChI=1S/C16H24N2O4/c1-4-8-22-12-6-5-7-18(9-12)15(19)14-10(2)13(16(20)21)11(3)17-14/h12,17H,4-9H2,1-3H3,(H,20,21). The minimum Gasteiger partial charge on any atom is -0.478 e. The van der Waals surface area contributed by atoms with Crippen molar-refractivity contribution in [3.8, 4) is 0 Å². The molecular formula is C16H24N2O4. The van der Waals surface area contributed by atoms with Crippen molar-refractivity contribution in [3.63, 3.8) is 0 Å². The zero-order valence-electron chi connectivity index (χ0n) is 13.4. The summed E-state index contributed by atoms with van der Waals surface area (Å²) in [5, 5.41) is 9.23. The first-order chi connectivity index (χ1) is 10.5. The molecule has 0 aliphatic carbocycles. The van der Waals surface area contributed by atoms with Gasteiger partial charge in [-0.2, -0.15) is 0 Å². The van der Waals surface area contributed by atoms with E-state index < -0.39 is 5.97 Å². The highest BCUT2D eigenvalue weighted by atomic mass is 16.5. The number of rotatable bonds is 5.